The van der Waals surface area contributed by atoms with Crippen molar-refractivity contribution in [3.63, 3.8) is 0 Å². The average Bonchev–Trinajstić information content (AvgIpc) is 2.14. The zero-order valence-corrected chi connectivity index (χ0v) is 8.03. The Morgan fingerprint density at radius 2 is 1.93 bits per heavy atom. The molecule has 0 aliphatic carbocycles. The average molecular weight is 211 g/mol. The molecule has 1 atom stereocenters. The molecule has 0 saturated carbocycles. The number of nitrogens with two attached hydrogens (primary N) is 1. The lowest BCUT2D eigenvalue weighted by atomic mass is 10.1. The van der Waals surface area contributed by atoms with Crippen LogP contribution < -0.4 is 9.86 Å². The summed E-state index contributed by atoms with van der Waals surface area (Å²) < 4.78 is 23.4. The number of nitrogens with zero attached hydrogens (tertiary/aromatic N) is 1. The van der Waals surface area contributed by atoms with E-state index in [1.807, 2.05) is 4.72 Å². The summed E-state index contributed by atoms with van der Waals surface area (Å²) >= 11 is 0. The Bertz CT molecular complexity index is 435. The Kier molecular flexibility index (Phi) is 3.19. The van der Waals surface area contributed by atoms with E-state index >= 15 is 0 Å². The van der Waals surface area contributed by atoms with Crippen molar-refractivity contribution in [1.29, 1.82) is 5.26 Å². The van der Waals surface area contributed by atoms with Crippen molar-refractivity contribution in [2.45, 2.75) is 6.04 Å². The molecule has 6 heteroatoms. The molecule has 5 nitrogen and oxygen atoms in total. The molecule has 0 radical (unpaired) electrons. The summed E-state index contributed by atoms with van der Waals surface area (Å²) in [5.41, 5.74) is 0.559. The summed E-state index contributed by atoms with van der Waals surface area (Å²) in [5.74, 6) is 0. The van der Waals surface area contributed by atoms with Crippen LogP contribution in [-0.2, 0) is 10.2 Å². The van der Waals surface area contributed by atoms with E-state index < -0.39 is 16.3 Å². The molecule has 0 aromatic heterocycles. The highest BCUT2D eigenvalue weighted by molar-refractivity contribution is 7.87. The van der Waals surface area contributed by atoms with Gasteiger partial charge in [-0.05, 0) is 5.56 Å². The van der Waals surface area contributed by atoms with Gasteiger partial charge in [-0.15, -0.1) is 0 Å². The second-order valence-corrected chi connectivity index (χ2v) is 3.96. The van der Waals surface area contributed by atoms with Crippen molar-refractivity contribution in [3.05, 3.63) is 35.9 Å². The minimum Gasteiger partial charge on any atom is -0.216 e. The second-order valence-electron chi connectivity index (χ2n) is 2.64. The van der Waals surface area contributed by atoms with Crippen molar-refractivity contribution >= 4 is 10.2 Å². The van der Waals surface area contributed by atoms with Gasteiger partial charge in [-0.1, -0.05) is 30.3 Å². The van der Waals surface area contributed by atoms with Gasteiger partial charge in [0.05, 0.1) is 6.07 Å². The van der Waals surface area contributed by atoms with Crippen LogP contribution in [0.15, 0.2) is 30.3 Å². The molecule has 3 N–H and O–H groups in total. The summed E-state index contributed by atoms with van der Waals surface area (Å²) in [5, 5.41) is 13.5. The zero-order chi connectivity index (χ0) is 10.6. The van der Waals surface area contributed by atoms with Crippen molar-refractivity contribution < 1.29 is 8.42 Å². The molecule has 0 saturated heterocycles. The Morgan fingerprint density at radius 3 is 2.36 bits per heavy atom. The standard InChI is InChI=1S/C8H9N3O2S/c9-6-8(11-14(10,12)13)7-4-2-1-3-5-7/h1-5,8,11H,(H2,10,12,13). The van der Waals surface area contributed by atoms with E-state index in [0.717, 1.165) is 0 Å². The van der Waals surface area contributed by atoms with Crippen LogP contribution in [0.5, 0.6) is 0 Å². The van der Waals surface area contributed by atoms with Crippen molar-refractivity contribution in [3.8, 4) is 6.07 Å². The lowest BCUT2D eigenvalue weighted by molar-refractivity contribution is 0.577. The molecule has 74 valence electrons. The highest BCUT2D eigenvalue weighted by Crippen LogP contribution is 2.11. The molecule has 0 aliphatic rings. The van der Waals surface area contributed by atoms with Gasteiger partial charge in [0, 0.05) is 0 Å². The fraction of sp³-hybridized carbons (Fsp3) is 0.125. The van der Waals surface area contributed by atoms with Crippen LogP contribution >= 0.6 is 0 Å². The Balaban J connectivity index is 2.91. The minimum absolute atomic E-state index is 0.559. The third-order valence-electron chi connectivity index (χ3n) is 1.54. The third kappa shape index (κ3) is 3.14. The van der Waals surface area contributed by atoms with Gasteiger partial charge in [-0.25, -0.2) is 5.14 Å². The maximum atomic E-state index is 10.7. The summed E-state index contributed by atoms with van der Waals surface area (Å²) in [7, 11) is -3.86. The highest BCUT2D eigenvalue weighted by Gasteiger charge is 2.14. The van der Waals surface area contributed by atoms with Crippen LogP contribution in [0.1, 0.15) is 11.6 Å². The van der Waals surface area contributed by atoms with Crippen LogP contribution in [0.3, 0.4) is 0 Å². The van der Waals surface area contributed by atoms with Gasteiger partial charge < -0.3 is 0 Å². The molecule has 1 aromatic carbocycles. The van der Waals surface area contributed by atoms with Gasteiger partial charge in [0.25, 0.3) is 10.2 Å². The van der Waals surface area contributed by atoms with E-state index in [1.165, 1.54) is 0 Å². The maximum absolute atomic E-state index is 10.7. The topological polar surface area (TPSA) is 96.0 Å². The first kappa shape index (κ1) is 10.7. The molecule has 1 unspecified atom stereocenters. The van der Waals surface area contributed by atoms with Crippen molar-refractivity contribution in [1.82, 2.24) is 4.72 Å². The fourth-order valence-corrected chi connectivity index (χ4v) is 1.50. The first-order chi connectivity index (χ1) is 6.53. The summed E-state index contributed by atoms with van der Waals surface area (Å²) in [4.78, 5) is 0. The van der Waals surface area contributed by atoms with Crippen molar-refractivity contribution in [2.75, 3.05) is 0 Å². The predicted molar refractivity (Wildman–Crippen MR) is 51.0 cm³/mol. The SMILES string of the molecule is N#CC(NS(N)(=O)=O)c1ccccc1. The minimum atomic E-state index is -3.86. The van der Waals surface area contributed by atoms with E-state index in [4.69, 9.17) is 10.4 Å². The predicted octanol–water partition coefficient (Wildman–Crippen LogP) is 0.0444. The highest BCUT2D eigenvalue weighted by atomic mass is 32.2. The summed E-state index contributed by atoms with van der Waals surface area (Å²) in [6.07, 6.45) is 0. The van der Waals surface area contributed by atoms with E-state index in [-0.39, 0.29) is 0 Å². The summed E-state index contributed by atoms with van der Waals surface area (Å²) in [6.45, 7) is 0. The van der Waals surface area contributed by atoms with E-state index in [2.05, 4.69) is 0 Å². The quantitative estimate of drug-likeness (QED) is 0.739. The van der Waals surface area contributed by atoms with Crippen LogP contribution in [0.2, 0.25) is 0 Å². The third-order valence-corrected chi connectivity index (χ3v) is 2.11. The number of nitrogens with one attached hydrogen (secondary N) is 1. The smallest absolute Gasteiger partial charge is 0.216 e. The van der Waals surface area contributed by atoms with Gasteiger partial charge in [0.15, 0.2) is 0 Å². The lowest BCUT2D eigenvalue weighted by Gasteiger charge is -2.08. The second kappa shape index (κ2) is 4.19. The number of benzene rings is 1. The lowest BCUT2D eigenvalue weighted by Crippen LogP contribution is -2.33. The van der Waals surface area contributed by atoms with Gasteiger partial charge >= 0.3 is 0 Å². The van der Waals surface area contributed by atoms with Crippen LogP contribution in [0.4, 0.5) is 0 Å². The molecule has 0 heterocycles. The Hall–Kier alpha value is -1.42. The van der Waals surface area contributed by atoms with E-state index in [1.54, 1.807) is 36.4 Å². The molecule has 1 aromatic rings. The maximum Gasteiger partial charge on any atom is 0.275 e. The first-order valence-corrected chi connectivity index (χ1v) is 5.32. The molecule has 0 spiro atoms. The van der Waals surface area contributed by atoms with Gasteiger partial charge in [0.2, 0.25) is 0 Å². The summed E-state index contributed by atoms with van der Waals surface area (Å²) in [6, 6.07) is 9.35. The molecule has 0 bridgehead atoms. The van der Waals surface area contributed by atoms with Crippen molar-refractivity contribution in [2.24, 2.45) is 5.14 Å². The Labute approximate surface area is 82.3 Å². The molecule has 0 amide bonds. The molecule has 1 rings (SSSR count). The van der Waals surface area contributed by atoms with Crippen LogP contribution in [0, 0.1) is 11.3 Å². The Morgan fingerprint density at radius 1 is 1.36 bits per heavy atom. The number of rotatable bonds is 3. The van der Waals surface area contributed by atoms with Gasteiger partial charge in [-0.2, -0.15) is 18.4 Å². The number of hydrogen-bond acceptors (Lipinski definition) is 3. The molecular formula is C8H9N3O2S. The molecular weight excluding hydrogens is 202 g/mol. The number of nitriles is 1. The van der Waals surface area contributed by atoms with Gasteiger partial charge in [0.1, 0.15) is 6.04 Å². The van der Waals surface area contributed by atoms with Crippen LogP contribution in [-0.4, -0.2) is 8.42 Å². The zero-order valence-electron chi connectivity index (χ0n) is 7.21. The molecule has 0 fully saturated rings. The molecule has 14 heavy (non-hydrogen) atoms. The largest absolute Gasteiger partial charge is 0.275 e. The van der Waals surface area contributed by atoms with E-state index in [9.17, 15) is 8.42 Å². The van der Waals surface area contributed by atoms with Crippen LogP contribution in [0.25, 0.3) is 0 Å². The van der Waals surface area contributed by atoms with Gasteiger partial charge in [-0.3, -0.25) is 0 Å². The molecule has 0 aliphatic heterocycles. The monoisotopic (exact) mass is 211 g/mol. The van der Waals surface area contributed by atoms with E-state index in [0.29, 0.717) is 5.56 Å². The first-order valence-electron chi connectivity index (χ1n) is 3.77. The fourth-order valence-electron chi connectivity index (χ4n) is 0.979. The normalized spacial score (nSPS) is 13.1. The number of hydrogen-bond donors (Lipinski definition) is 2.